The molecule has 0 aromatic carbocycles. The van der Waals surface area contributed by atoms with Gasteiger partial charge >= 0.3 is 0 Å². The van der Waals surface area contributed by atoms with E-state index in [1.807, 2.05) is 0 Å². The summed E-state index contributed by atoms with van der Waals surface area (Å²) in [6, 6.07) is 0. The molecule has 7 heteroatoms. The van der Waals surface area contributed by atoms with Crippen LogP contribution in [0.5, 0.6) is 0 Å². The maximum absolute atomic E-state index is 10.5. The minimum atomic E-state index is -4.01. The van der Waals surface area contributed by atoms with Crippen molar-refractivity contribution in [3.8, 4) is 0 Å². The number of thioether (sulfide) groups is 1. The topological polar surface area (TPSA) is 86.2 Å². The summed E-state index contributed by atoms with van der Waals surface area (Å²) in [5.74, 6) is 0.929. The van der Waals surface area contributed by atoms with Crippen molar-refractivity contribution < 1.29 is 40.6 Å². The summed E-state index contributed by atoms with van der Waals surface area (Å²) < 4.78 is 26.7. The molecule has 0 bridgehead atoms. The van der Waals surface area contributed by atoms with Gasteiger partial charge in [0.2, 0.25) is 0 Å². The molecular formula is C7H16INO4S. The average Bonchev–Trinajstić information content (AvgIpc) is 1.80. The fourth-order valence-electron chi connectivity index (χ4n) is 0.463. The fraction of sp³-hybridized carbons (Fsp3) is 0.857. The molecule has 0 amide bonds. The molecule has 5 nitrogen and oxygen atoms in total. The summed E-state index contributed by atoms with van der Waals surface area (Å²) in [5, 5.41) is 0.216. The van der Waals surface area contributed by atoms with Crippen LogP contribution >= 0.6 is 11.8 Å². The summed E-state index contributed by atoms with van der Waals surface area (Å²) in [6.45, 7) is 2.66. The lowest BCUT2D eigenvalue weighted by atomic mass is 10.6. The van der Waals surface area contributed by atoms with Crippen molar-refractivity contribution >= 4 is 16.9 Å². The van der Waals surface area contributed by atoms with Crippen molar-refractivity contribution in [1.29, 1.82) is 0 Å². The zero-order chi connectivity index (χ0) is 11.8. The summed E-state index contributed by atoms with van der Waals surface area (Å²) in [6.07, 6.45) is 0. The zero-order valence-electron chi connectivity index (χ0n) is 8.78. The minimum absolute atomic E-state index is 0.216. The maximum atomic E-state index is 10.5. The fourth-order valence-corrected chi connectivity index (χ4v) is 1.39. The highest BCUT2D eigenvalue weighted by atomic mass is 127. The molecule has 0 saturated carbocycles. The Morgan fingerprint density at radius 1 is 1.29 bits per heavy atom. The molecular weight excluding hydrogens is 321 g/mol. The van der Waals surface area contributed by atoms with Crippen LogP contribution in [-0.2, 0) is 4.79 Å². The van der Waals surface area contributed by atoms with E-state index in [0.717, 1.165) is 16.8 Å². The van der Waals surface area contributed by atoms with Gasteiger partial charge in [-0.05, 0) is 0 Å². The zero-order valence-corrected chi connectivity index (χ0v) is 11.8. The van der Waals surface area contributed by atoms with Gasteiger partial charge in [0.25, 0.3) is 21.1 Å². The van der Waals surface area contributed by atoms with E-state index in [4.69, 9.17) is 10.3 Å². The molecule has 0 atom stereocenters. The van der Waals surface area contributed by atoms with Crippen LogP contribution in [0.3, 0.4) is 0 Å². The van der Waals surface area contributed by atoms with Gasteiger partial charge in [-0.25, -0.2) is 0 Å². The first-order valence-electron chi connectivity index (χ1n) is 3.82. The lowest BCUT2D eigenvalue weighted by Crippen LogP contribution is -4.05. The van der Waals surface area contributed by atoms with Crippen molar-refractivity contribution in [3.63, 3.8) is 0 Å². The van der Waals surface area contributed by atoms with Crippen molar-refractivity contribution in [2.24, 2.45) is 0 Å². The molecule has 0 aliphatic rings. The summed E-state index contributed by atoms with van der Waals surface area (Å²) in [4.78, 5) is 10.5. The molecule has 0 radical (unpaired) electrons. The van der Waals surface area contributed by atoms with Crippen LogP contribution < -0.4 is 31.4 Å². The number of quaternary nitrogens is 1. The van der Waals surface area contributed by atoms with E-state index in [0.29, 0.717) is 0 Å². The Morgan fingerprint density at radius 2 is 1.64 bits per heavy atom. The van der Waals surface area contributed by atoms with Gasteiger partial charge in [-0.3, -0.25) is 4.79 Å². The molecule has 0 aromatic heterocycles. The number of halogens is 1. The van der Waals surface area contributed by atoms with Crippen molar-refractivity contribution in [2.45, 2.75) is 6.92 Å². The molecule has 0 heterocycles. The van der Waals surface area contributed by atoms with Gasteiger partial charge in [-0.15, -0.1) is 0 Å². The first-order chi connectivity index (χ1) is 6.15. The number of hydrogen-bond acceptors (Lipinski definition) is 5. The molecule has 0 aliphatic carbocycles. The SMILES string of the molecule is CC(=O)SCC[N+](C)(C)C.[O-][I+2]([O-])[O-]. The lowest BCUT2D eigenvalue weighted by Gasteiger charge is -2.22. The Kier molecular flexibility index (Phi) is 10.8. The third kappa shape index (κ3) is 29.4. The Morgan fingerprint density at radius 3 is 1.86 bits per heavy atom. The van der Waals surface area contributed by atoms with E-state index in [-0.39, 0.29) is 5.12 Å². The first-order valence-corrected chi connectivity index (χ1v) is 7.45. The molecule has 0 saturated heterocycles. The van der Waals surface area contributed by atoms with Crippen molar-refractivity contribution in [2.75, 3.05) is 33.4 Å². The van der Waals surface area contributed by atoms with Crippen LogP contribution in [-0.4, -0.2) is 43.0 Å². The van der Waals surface area contributed by atoms with Crippen LogP contribution in [0.1, 0.15) is 6.92 Å². The Hall–Kier alpha value is 0.590. The average molecular weight is 337 g/mol. The second-order valence-corrected chi connectivity index (χ2v) is 5.89. The molecule has 0 unspecified atom stereocenters. The van der Waals surface area contributed by atoms with Gasteiger partial charge in [-0.2, -0.15) is 0 Å². The highest BCUT2D eigenvalue weighted by Crippen LogP contribution is 2.02. The van der Waals surface area contributed by atoms with Gasteiger partial charge in [-0.1, -0.05) is 11.8 Å². The Labute approximate surface area is 97.7 Å². The number of rotatable bonds is 3. The standard InChI is InChI=1S/C7H16NOS.IO3/c1-7(9)10-6-5-8(2,3)4;2-1(3)4/h5-6H2,1-4H3;/q+1;-1. The largest absolute Gasteiger partial charge is 0.427 e. The summed E-state index contributed by atoms with van der Waals surface area (Å²) in [7, 11) is 6.38. The second-order valence-electron chi connectivity index (χ2n) is 3.54. The third-order valence-corrected chi connectivity index (χ3v) is 1.86. The van der Waals surface area contributed by atoms with E-state index >= 15 is 0 Å². The lowest BCUT2D eigenvalue weighted by molar-refractivity contribution is -1.73. The normalized spacial score (nSPS) is 10.9. The summed E-state index contributed by atoms with van der Waals surface area (Å²) >= 11 is -2.61. The van der Waals surface area contributed by atoms with E-state index in [1.54, 1.807) is 6.92 Å². The van der Waals surface area contributed by atoms with Crippen LogP contribution in [0.4, 0.5) is 0 Å². The van der Waals surface area contributed by atoms with E-state index in [1.165, 1.54) is 11.8 Å². The summed E-state index contributed by atoms with van der Waals surface area (Å²) in [5.41, 5.74) is 0. The second kappa shape index (κ2) is 8.86. The third-order valence-electron chi connectivity index (χ3n) is 1.07. The molecule has 86 valence electrons. The minimum Gasteiger partial charge on any atom is -0.427 e. The highest BCUT2D eigenvalue weighted by molar-refractivity contribution is 8.13. The number of carbonyl (C=O) groups is 1. The van der Waals surface area contributed by atoms with Crippen molar-refractivity contribution in [3.05, 3.63) is 0 Å². The van der Waals surface area contributed by atoms with Crippen LogP contribution in [0.2, 0.25) is 0 Å². The van der Waals surface area contributed by atoms with Crippen molar-refractivity contribution in [1.82, 2.24) is 0 Å². The number of hydrogen-bond donors (Lipinski definition) is 0. The maximum Gasteiger partial charge on any atom is 0.282 e. The first kappa shape index (κ1) is 17.0. The predicted molar refractivity (Wildman–Crippen MR) is 46.0 cm³/mol. The van der Waals surface area contributed by atoms with E-state index in [9.17, 15) is 4.79 Å². The molecule has 0 rings (SSSR count). The number of nitrogens with zero attached hydrogens (tertiary/aromatic N) is 1. The Balaban J connectivity index is 0. The molecule has 0 aliphatic heterocycles. The monoisotopic (exact) mass is 337 g/mol. The van der Waals surface area contributed by atoms with Crippen LogP contribution in [0, 0.1) is 0 Å². The van der Waals surface area contributed by atoms with Crippen LogP contribution in [0.15, 0.2) is 0 Å². The molecule has 0 fully saturated rings. The Bertz CT molecular complexity index is 158. The quantitative estimate of drug-likeness (QED) is 0.379. The smallest absolute Gasteiger partial charge is 0.282 e. The number of carbonyl (C=O) groups excluding carboxylic acids is 1. The van der Waals surface area contributed by atoms with Gasteiger partial charge < -0.3 is 14.8 Å². The molecule has 0 N–H and O–H groups in total. The van der Waals surface area contributed by atoms with Crippen LogP contribution in [0.25, 0.3) is 0 Å². The van der Waals surface area contributed by atoms with Gasteiger partial charge in [0.1, 0.15) is 0 Å². The predicted octanol–water partition coefficient (Wildman–Crippen LogP) is -5.59. The van der Waals surface area contributed by atoms with Gasteiger partial charge in [0.05, 0.1) is 33.4 Å². The van der Waals surface area contributed by atoms with E-state index < -0.39 is 21.1 Å². The molecule has 0 spiro atoms. The molecule has 14 heavy (non-hydrogen) atoms. The highest BCUT2D eigenvalue weighted by Gasteiger charge is 2.06. The van der Waals surface area contributed by atoms with E-state index in [2.05, 4.69) is 21.1 Å². The van der Waals surface area contributed by atoms with Gasteiger partial charge in [0, 0.05) is 6.92 Å². The van der Waals surface area contributed by atoms with Gasteiger partial charge in [0.15, 0.2) is 5.12 Å². The molecule has 0 aromatic rings.